The number of imidazole rings is 1. The van der Waals surface area contributed by atoms with Crippen molar-refractivity contribution in [3.05, 3.63) is 54.6 Å². The summed E-state index contributed by atoms with van der Waals surface area (Å²) in [5.74, 6) is -0.721. The van der Waals surface area contributed by atoms with Crippen molar-refractivity contribution < 1.29 is 9.47 Å². The van der Waals surface area contributed by atoms with Gasteiger partial charge in [-0.25, -0.2) is 4.98 Å². The second-order valence-corrected chi connectivity index (χ2v) is 5.00. The smallest absolute Gasteiger partial charge is 0.214 e. The Morgan fingerprint density at radius 1 is 1.16 bits per heavy atom. The van der Waals surface area contributed by atoms with E-state index < -0.39 is 5.79 Å². The van der Waals surface area contributed by atoms with Gasteiger partial charge in [-0.05, 0) is 13.8 Å². The molecule has 2 aromatic rings. The predicted octanol–water partition coefficient (Wildman–Crippen LogP) is 2.56. The highest BCUT2D eigenvalue weighted by Gasteiger charge is 2.45. The summed E-state index contributed by atoms with van der Waals surface area (Å²) in [6.45, 7) is 4.69. The van der Waals surface area contributed by atoms with Gasteiger partial charge in [-0.15, -0.1) is 0 Å². The number of hydrogen-bond acceptors (Lipinski definition) is 3. The van der Waals surface area contributed by atoms with E-state index in [0.29, 0.717) is 6.54 Å². The van der Waals surface area contributed by atoms with Gasteiger partial charge in [0.25, 0.3) is 0 Å². The Kier molecular flexibility index (Phi) is 3.12. The molecule has 1 fully saturated rings. The second kappa shape index (κ2) is 4.79. The zero-order chi connectivity index (χ0) is 13.3. The first-order valence-electron chi connectivity index (χ1n) is 6.56. The van der Waals surface area contributed by atoms with E-state index in [0.717, 1.165) is 5.56 Å². The molecule has 4 heteroatoms. The molecule has 3 rings (SSSR count). The lowest BCUT2D eigenvalue weighted by Crippen LogP contribution is -2.33. The van der Waals surface area contributed by atoms with Crippen LogP contribution in [0.1, 0.15) is 19.4 Å². The van der Waals surface area contributed by atoms with Crippen molar-refractivity contribution >= 4 is 0 Å². The third-order valence-electron chi connectivity index (χ3n) is 3.58. The number of rotatable bonds is 3. The van der Waals surface area contributed by atoms with Crippen molar-refractivity contribution in [2.24, 2.45) is 0 Å². The number of benzene rings is 1. The molecular formula is C15H18N2O2. The Labute approximate surface area is 113 Å². The maximum absolute atomic E-state index is 6.15. The van der Waals surface area contributed by atoms with E-state index in [1.807, 2.05) is 54.9 Å². The van der Waals surface area contributed by atoms with Crippen LogP contribution in [-0.2, 0) is 21.8 Å². The topological polar surface area (TPSA) is 36.3 Å². The zero-order valence-corrected chi connectivity index (χ0v) is 11.2. The van der Waals surface area contributed by atoms with Crippen molar-refractivity contribution in [1.29, 1.82) is 0 Å². The van der Waals surface area contributed by atoms with E-state index in [-0.39, 0.29) is 12.2 Å². The number of nitrogens with zero attached hydrogens (tertiary/aromatic N) is 2. The van der Waals surface area contributed by atoms with E-state index in [4.69, 9.17) is 9.47 Å². The zero-order valence-electron chi connectivity index (χ0n) is 11.2. The molecule has 0 saturated carbocycles. The molecule has 0 aliphatic carbocycles. The van der Waals surface area contributed by atoms with Gasteiger partial charge in [0.1, 0.15) is 0 Å². The molecule has 1 aliphatic heterocycles. The van der Waals surface area contributed by atoms with Crippen LogP contribution in [0.25, 0.3) is 0 Å². The fourth-order valence-electron chi connectivity index (χ4n) is 2.43. The minimum Gasteiger partial charge on any atom is -0.339 e. The first kappa shape index (κ1) is 12.4. The maximum Gasteiger partial charge on any atom is 0.214 e. The van der Waals surface area contributed by atoms with Gasteiger partial charge >= 0.3 is 0 Å². The summed E-state index contributed by atoms with van der Waals surface area (Å²) in [5.41, 5.74) is 1.04. The summed E-state index contributed by atoms with van der Waals surface area (Å²) in [5, 5.41) is 0. The lowest BCUT2D eigenvalue weighted by molar-refractivity contribution is -0.191. The first-order chi connectivity index (χ1) is 9.20. The minimum atomic E-state index is -0.721. The van der Waals surface area contributed by atoms with Crippen molar-refractivity contribution in [2.45, 2.75) is 38.4 Å². The summed E-state index contributed by atoms with van der Waals surface area (Å²) in [6, 6.07) is 10.1. The molecule has 0 amide bonds. The molecule has 1 aromatic carbocycles. The van der Waals surface area contributed by atoms with E-state index in [1.54, 1.807) is 12.5 Å². The molecule has 1 aliphatic rings. The molecule has 2 unspecified atom stereocenters. The van der Waals surface area contributed by atoms with E-state index >= 15 is 0 Å². The Balaban J connectivity index is 1.97. The van der Waals surface area contributed by atoms with Gasteiger partial charge < -0.3 is 14.0 Å². The average molecular weight is 258 g/mol. The highest BCUT2D eigenvalue weighted by atomic mass is 16.8. The Morgan fingerprint density at radius 3 is 2.42 bits per heavy atom. The van der Waals surface area contributed by atoms with Gasteiger partial charge in [-0.2, -0.15) is 0 Å². The largest absolute Gasteiger partial charge is 0.339 e. The molecule has 4 nitrogen and oxygen atoms in total. The van der Waals surface area contributed by atoms with Crippen LogP contribution in [0.2, 0.25) is 0 Å². The molecular weight excluding hydrogens is 240 g/mol. The predicted molar refractivity (Wildman–Crippen MR) is 71.4 cm³/mol. The molecule has 2 heterocycles. The summed E-state index contributed by atoms with van der Waals surface area (Å²) < 4.78 is 14.3. The molecule has 1 aromatic heterocycles. The molecule has 0 bridgehead atoms. The quantitative estimate of drug-likeness (QED) is 0.849. The van der Waals surface area contributed by atoms with Crippen LogP contribution in [0, 0.1) is 0 Å². The third-order valence-corrected chi connectivity index (χ3v) is 3.58. The Bertz CT molecular complexity index is 514. The fourth-order valence-corrected chi connectivity index (χ4v) is 2.43. The number of hydrogen-bond donors (Lipinski definition) is 0. The van der Waals surface area contributed by atoms with E-state index in [9.17, 15) is 0 Å². The highest BCUT2D eigenvalue weighted by Crippen LogP contribution is 2.38. The van der Waals surface area contributed by atoms with Crippen LogP contribution in [-0.4, -0.2) is 21.8 Å². The van der Waals surface area contributed by atoms with Crippen LogP contribution in [0.15, 0.2) is 49.1 Å². The van der Waals surface area contributed by atoms with Crippen LogP contribution >= 0.6 is 0 Å². The molecule has 1 saturated heterocycles. The van der Waals surface area contributed by atoms with Gasteiger partial charge in [-0.1, -0.05) is 30.3 Å². The van der Waals surface area contributed by atoms with Gasteiger partial charge in [0.15, 0.2) is 0 Å². The molecule has 0 N–H and O–H groups in total. The normalized spacial score (nSPS) is 30.6. The minimum absolute atomic E-state index is 0.0729. The Morgan fingerprint density at radius 2 is 1.84 bits per heavy atom. The standard InChI is InChI=1S/C15H18N2O2/c1-12-13(2)19-15(18-12,10-17-9-8-16-11-17)14-6-4-3-5-7-14/h3-9,11-13H,10H2,1-2H3. The van der Waals surface area contributed by atoms with Gasteiger partial charge in [0.2, 0.25) is 5.79 Å². The van der Waals surface area contributed by atoms with Gasteiger partial charge in [-0.3, -0.25) is 0 Å². The lowest BCUT2D eigenvalue weighted by atomic mass is 10.1. The lowest BCUT2D eigenvalue weighted by Gasteiger charge is -2.29. The summed E-state index contributed by atoms with van der Waals surface area (Å²) in [6.07, 6.45) is 5.61. The molecule has 2 atom stereocenters. The van der Waals surface area contributed by atoms with Crippen molar-refractivity contribution in [3.63, 3.8) is 0 Å². The maximum atomic E-state index is 6.15. The first-order valence-corrected chi connectivity index (χ1v) is 6.56. The Hall–Kier alpha value is -1.65. The highest BCUT2D eigenvalue weighted by molar-refractivity contribution is 5.21. The van der Waals surface area contributed by atoms with Crippen LogP contribution in [0.5, 0.6) is 0 Å². The average Bonchev–Trinajstić information content (AvgIpc) is 3.01. The van der Waals surface area contributed by atoms with Crippen molar-refractivity contribution in [1.82, 2.24) is 9.55 Å². The third kappa shape index (κ3) is 2.29. The van der Waals surface area contributed by atoms with Crippen LogP contribution < -0.4 is 0 Å². The number of ether oxygens (including phenoxy) is 2. The van der Waals surface area contributed by atoms with Crippen molar-refractivity contribution in [3.8, 4) is 0 Å². The van der Waals surface area contributed by atoms with E-state index in [1.165, 1.54) is 0 Å². The van der Waals surface area contributed by atoms with Gasteiger partial charge in [0, 0.05) is 18.0 Å². The second-order valence-electron chi connectivity index (χ2n) is 5.00. The molecule has 19 heavy (non-hydrogen) atoms. The molecule has 0 radical (unpaired) electrons. The van der Waals surface area contributed by atoms with Gasteiger partial charge in [0.05, 0.1) is 25.1 Å². The van der Waals surface area contributed by atoms with Crippen molar-refractivity contribution in [2.75, 3.05) is 0 Å². The summed E-state index contributed by atoms with van der Waals surface area (Å²) in [4.78, 5) is 4.08. The molecule has 0 spiro atoms. The fraction of sp³-hybridized carbons (Fsp3) is 0.400. The summed E-state index contributed by atoms with van der Waals surface area (Å²) >= 11 is 0. The van der Waals surface area contributed by atoms with Crippen LogP contribution in [0.4, 0.5) is 0 Å². The van der Waals surface area contributed by atoms with Crippen LogP contribution in [0.3, 0.4) is 0 Å². The van der Waals surface area contributed by atoms with E-state index in [2.05, 4.69) is 4.98 Å². The summed E-state index contributed by atoms with van der Waals surface area (Å²) in [7, 11) is 0. The monoisotopic (exact) mass is 258 g/mol. The SMILES string of the molecule is CC1OC(Cn2ccnc2)(c2ccccc2)OC1C. The molecule has 100 valence electrons. The number of aromatic nitrogens is 2.